The summed E-state index contributed by atoms with van der Waals surface area (Å²) in [6.07, 6.45) is 0. The quantitative estimate of drug-likeness (QED) is 0.874. The van der Waals surface area contributed by atoms with E-state index in [2.05, 4.69) is 10.2 Å². The minimum absolute atomic E-state index is 0.0652. The molecule has 0 aliphatic carbocycles. The van der Waals surface area contributed by atoms with Gasteiger partial charge in [0.25, 0.3) is 0 Å². The number of hydrogen-bond donors (Lipinski definition) is 1. The van der Waals surface area contributed by atoms with Crippen LogP contribution in [0.25, 0.3) is 5.69 Å². The summed E-state index contributed by atoms with van der Waals surface area (Å²) in [5.74, 6) is -0.160. The second-order valence-corrected chi connectivity index (χ2v) is 4.31. The summed E-state index contributed by atoms with van der Waals surface area (Å²) in [6, 6.07) is 7.20. The highest BCUT2D eigenvalue weighted by Gasteiger charge is 2.23. The van der Waals surface area contributed by atoms with Gasteiger partial charge in [-0.15, -0.1) is 15.0 Å². The Bertz CT molecular complexity index is 635. The maximum atomic E-state index is 11.4. The van der Waals surface area contributed by atoms with Crippen LogP contribution in [0.2, 0.25) is 0 Å². The molecule has 2 aromatic rings. The molecule has 7 heteroatoms. The number of nitrogens with zero attached hydrogens (tertiary/aromatic N) is 4. The van der Waals surface area contributed by atoms with Gasteiger partial charge in [-0.2, -0.15) is 0 Å². The highest BCUT2D eigenvalue weighted by molar-refractivity contribution is 5.91. The second kappa shape index (κ2) is 6.25. The van der Waals surface area contributed by atoms with Gasteiger partial charge in [0, 0.05) is 13.1 Å². The minimum Gasteiger partial charge on any atom is -0.494 e. The van der Waals surface area contributed by atoms with E-state index >= 15 is 0 Å². The van der Waals surface area contributed by atoms with Crippen molar-refractivity contribution >= 4 is 11.8 Å². The number of carbonyl (C=O) groups is 1. The molecule has 1 heterocycles. The van der Waals surface area contributed by atoms with Crippen molar-refractivity contribution in [1.29, 1.82) is 0 Å². The molecule has 0 amide bonds. The number of carboxylic acid groups (broad SMARTS) is 1. The Hall–Kier alpha value is -2.57. The molecule has 0 spiro atoms. The van der Waals surface area contributed by atoms with Gasteiger partial charge < -0.3 is 14.7 Å². The van der Waals surface area contributed by atoms with Crippen molar-refractivity contribution in [1.82, 2.24) is 15.0 Å². The molecule has 0 radical (unpaired) electrons. The number of ether oxygens (including phenoxy) is 1. The van der Waals surface area contributed by atoms with E-state index in [4.69, 9.17) is 4.74 Å². The number of para-hydroxylation sites is 2. The molecule has 0 aliphatic heterocycles. The maximum Gasteiger partial charge on any atom is 0.360 e. The Kier molecular flexibility index (Phi) is 4.42. The molecule has 0 aliphatic rings. The second-order valence-electron chi connectivity index (χ2n) is 4.31. The predicted molar refractivity (Wildman–Crippen MR) is 78.4 cm³/mol. The molecule has 21 heavy (non-hydrogen) atoms. The first-order valence-electron chi connectivity index (χ1n) is 6.71. The molecule has 1 aromatic carbocycles. The van der Waals surface area contributed by atoms with Crippen molar-refractivity contribution in [2.45, 2.75) is 13.8 Å². The molecular weight excluding hydrogens is 272 g/mol. The molecule has 0 saturated carbocycles. The van der Waals surface area contributed by atoms with Crippen molar-refractivity contribution < 1.29 is 14.6 Å². The number of aromatic nitrogens is 3. The van der Waals surface area contributed by atoms with Crippen LogP contribution in [0.4, 0.5) is 5.82 Å². The van der Waals surface area contributed by atoms with Gasteiger partial charge in [0.2, 0.25) is 5.69 Å². The lowest BCUT2D eigenvalue weighted by molar-refractivity contribution is 0.0690. The Morgan fingerprint density at radius 2 is 1.95 bits per heavy atom. The van der Waals surface area contributed by atoms with E-state index in [0.29, 0.717) is 30.3 Å². The van der Waals surface area contributed by atoms with Crippen LogP contribution in [0.15, 0.2) is 24.3 Å². The summed E-state index contributed by atoms with van der Waals surface area (Å²) in [4.78, 5) is 14.5. The molecule has 0 fully saturated rings. The molecule has 0 bridgehead atoms. The molecule has 0 unspecified atom stereocenters. The van der Waals surface area contributed by atoms with Gasteiger partial charge in [-0.25, -0.2) is 4.79 Å². The SMILES string of the molecule is CCN(CC)c1nn(-c2ccccc2OC)nc1C(=O)O. The van der Waals surface area contributed by atoms with Gasteiger partial charge in [0.05, 0.1) is 7.11 Å². The Morgan fingerprint density at radius 1 is 1.29 bits per heavy atom. The van der Waals surface area contributed by atoms with E-state index in [1.165, 1.54) is 4.80 Å². The van der Waals surface area contributed by atoms with Crippen LogP contribution in [0.1, 0.15) is 24.3 Å². The van der Waals surface area contributed by atoms with Crippen LogP contribution in [0.5, 0.6) is 5.75 Å². The lowest BCUT2D eigenvalue weighted by Gasteiger charge is -2.17. The van der Waals surface area contributed by atoms with E-state index in [9.17, 15) is 9.90 Å². The number of anilines is 1. The van der Waals surface area contributed by atoms with E-state index in [0.717, 1.165) is 0 Å². The Labute approximate surface area is 122 Å². The summed E-state index contributed by atoms with van der Waals surface area (Å²) in [7, 11) is 1.55. The fraction of sp³-hybridized carbons (Fsp3) is 0.357. The zero-order valence-corrected chi connectivity index (χ0v) is 12.3. The van der Waals surface area contributed by atoms with E-state index in [-0.39, 0.29) is 5.69 Å². The summed E-state index contributed by atoms with van der Waals surface area (Å²) >= 11 is 0. The van der Waals surface area contributed by atoms with Crippen LogP contribution in [0.3, 0.4) is 0 Å². The highest BCUT2D eigenvalue weighted by atomic mass is 16.5. The molecular formula is C14H18N4O3. The van der Waals surface area contributed by atoms with E-state index < -0.39 is 5.97 Å². The van der Waals surface area contributed by atoms with Crippen molar-refractivity contribution in [3.05, 3.63) is 30.0 Å². The van der Waals surface area contributed by atoms with Crippen LogP contribution >= 0.6 is 0 Å². The van der Waals surface area contributed by atoms with Gasteiger partial charge >= 0.3 is 5.97 Å². The summed E-state index contributed by atoms with van der Waals surface area (Å²) < 4.78 is 5.26. The normalized spacial score (nSPS) is 10.4. The van der Waals surface area contributed by atoms with Crippen molar-refractivity contribution in [3.8, 4) is 11.4 Å². The molecule has 1 N–H and O–H groups in total. The zero-order valence-electron chi connectivity index (χ0n) is 12.3. The number of hydrogen-bond acceptors (Lipinski definition) is 5. The van der Waals surface area contributed by atoms with Gasteiger partial charge in [-0.05, 0) is 26.0 Å². The monoisotopic (exact) mass is 290 g/mol. The highest BCUT2D eigenvalue weighted by Crippen LogP contribution is 2.23. The lowest BCUT2D eigenvalue weighted by atomic mass is 10.3. The third-order valence-corrected chi connectivity index (χ3v) is 3.16. The third-order valence-electron chi connectivity index (χ3n) is 3.16. The maximum absolute atomic E-state index is 11.4. The number of aromatic carboxylic acids is 1. The van der Waals surface area contributed by atoms with Crippen LogP contribution < -0.4 is 9.64 Å². The van der Waals surface area contributed by atoms with Crippen LogP contribution in [0, 0.1) is 0 Å². The number of carboxylic acids is 1. The molecule has 0 saturated heterocycles. The van der Waals surface area contributed by atoms with Gasteiger partial charge in [-0.1, -0.05) is 12.1 Å². The van der Waals surface area contributed by atoms with E-state index in [1.807, 2.05) is 30.9 Å². The lowest BCUT2D eigenvalue weighted by Crippen LogP contribution is -2.24. The first-order chi connectivity index (χ1) is 10.1. The van der Waals surface area contributed by atoms with Crippen molar-refractivity contribution in [3.63, 3.8) is 0 Å². The fourth-order valence-electron chi connectivity index (χ4n) is 2.08. The summed E-state index contributed by atoms with van der Waals surface area (Å²) in [6.45, 7) is 5.19. The molecule has 112 valence electrons. The van der Waals surface area contributed by atoms with Gasteiger partial charge in [0.15, 0.2) is 5.82 Å². The standard InChI is InChI=1S/C14H18N4O3/c1-4-17(5-2)13-12(14(19)20)15-18(16-13)10-8-6-7-9-11(10)21-3/h6-9H,4-5H2,1-3H3,(H,19,20). The summed E-state index contributed by atoms with van der Waals surface area (Å²) in [5.41, 5.74) is 0.533. The third kappa shape index (κ3) is 2.81. The number of methoxy groups -OCH3 is 1. The first-order valence-corrected chi connectivity index (χ1v) is 6.71. The van der Waals surface area contributed by atoms with Gasteiger partial charge in [-0.3, -0.25) is 0 Å². The van der Waals surface area contributed by atoms with Crippen LogP contribution in [-0.4, -0.2) is 46.3 Å². The zero-order chi connectivity index (χ0) is 15.4. The van der Waals surface area contributed by atoms with E-state index in [1.54, 1.807) is 19.2 Å². The molecule has 2 rings (SSSR count). The largest absolute Gasteiger partial charge is 0.494 e. The van der Waals surface area contributed by atoms with Crippen LogP contribution in [-0.2, 0) is 0 Å². The average Bonchev–Trinajstić information content (AvgIpc) is 2.93. The Balaban J connectivity index is 2.56. The predicted octanol–water partition coefficient (Wildman–Crippen LogP) is 1.82. The van der Waals surface area contributed by atoms with Crippen molar-refractivity contribution in [2.24, 2.45) is 0 Å². The topological polar surface area (TPSA) is 80.5 Å². The molecule has 1 aromatic heterocycles. The summed E-state index contributed by atoms with van der Waals surface area (Å²) in [5, 5.41) is 17.7. The number of rotatable bonds is 6. The number of benzene rings is 1. The smallest absolute Gasteiger partial charge is 0.360 e. The first kappa shape index (κ1) is 14.8. The Morgan fingerprint density at radius 3 is 2.52 bits per heavy atom. The van der Waals surface area contributed by atoms with Gasteiger partial charge in [0.1, 0.15) is 11.4 Å². The molecule has 0 atom stereocenters. The minimum atomic E-state index is -1.10. The molecule has 7 nitrogen and oxygen atoms in total. The average molecular weight is 290 g/mol. The van der Waals surface area contributed by atoms with Crippen molar-refractivity contribution in [2.75, 3.05) is 25.1 Å². The fourth-order valence-corrected chi connectivity index (χ4v) is 2.08.